The fraction of sp³-hybridized carbons (Fsp3) is 0.588. The monoisotopic (exact) mass is 354 g/mol. The van der Waals surface area contributed by atoms with E-state index in [1.165, 1.54) is 0 Å². The van der Waals surface area contributed by atoms with E-state index in [0.29, 0.717) is 36.2 Å². The highest BCUT2D eigenvalue weighted by atomic mass is 35.5. The van der Waals surface area contributed by atoms with Gasteiger partial charge in [0, 0.05) is 37.0 Å². The summed E-state index contributed by atoms with van der Waals surface area (Å²) in [4.78, 5) is 14.5. The summed E-state index contributed by atoms with van der Waals surface area (Å²) in [5.74, 6) is 0.0762. The Labute approximate surface area is 147 Å². The Morgan fingerprint density at radius 1 is 1.33 bits per heavy atom. The third-order valence-corrected chi connectivity index (χ3v) is 4.96. The lowest BCUT2D eigenvalue weighted by Crippen LogP contribution is -2.47. The average Bonchev–Trinajstić information content (AvgIpc) is 3.01. The number of nitrogens with zero attached hydrogens (tertiary/aromatic N) is 1. The van der Waals surface area contributed by atoms with Gasteiger partial charge in [-0.2, -0.15) is 0 Å². The van der Waals surface area contributed by atoms with Crippen molar-refractivity contribution in [3.63, 3.8) is 0 Å². The van der Waals surface area contributed by atoms with E-state index in [-0.39, 0.29) is 5.91 Å². The molecule has 0 aliphatic carbocycles. The van der Waals surface area contributed by atoms with Crippen molar-refractivity contribution >= 4 is 23.2 Å². The smallest absolute Gasteiger partial charge is 0.238 e. The summed E-state index contributed by atoms with van der Waals surface area (Å²) in [7, 11) is 1.56. The van der Waals surface area contributed by atoms with Gasteiger partial charge in [-0.05, 0) is 18.6 Å². The van der Waals surface area contributed by atoms with Crippen LogP contribution in [-0.4, -0.2) is 56.6 Å². The van der Waals surface area contributed by atoms with Crippen LogP contribution in [0.25, 0.3) is 0 Å². The van der Waals surface area contributed by atoms with E-state index in [2.05, 4.69) is 10.2 Å². The second-order valence-electron chi connectivity index (χ2n) is 6.23. The number of carbonyl (C=O) groups excluding carboxylic acids is 1. The summed E-state index contributed by atoms with van der Waals surface area (Å²) < 4.78 is 16.7. The Balaban J connectivity index is 1.56. The van der Waals surface area contributed by atoms with Crippen LogP contribution in [0.3, 0.4) is 0 Å². The lowest BCUT2D eigenvalue weighted by molar-refractivity contribution is -0.185. The van der Waals surface area contributed by atoms with E-state index >= 15 is 0 Å². The molecule has 132 valence electrons. The normalized spacial score (nSPS) is 20.3. The van der Waals surface area contributed by atoms with Crippen LogP contribution in [0.5, 0.6) is 5.75 Å². The number of likely N-dealkylation sites (tertiary alicyclic amines) is 1. The minimum absolute atomic E-state index is 0.0702. The zero-order valence-electron chi connectivity index (χ0n) is 14.1. The molecule has 2 heterocycles. The zero-order valence-corrected chi connectivity index (χ0v) is 14.8. The molecule has 2 saturated heterocycles. The van der Waals surface area contributed by atoms with Crippen molar-refractivity contribution in [3.8, 4) is 5.75 Å². The second-order valence-corrected chi connectivity index (χ2v) is 6.64. The second kappa shape index (κ2) is 7.27. The van der Waals surface area contributed by atoms with E-state index in [4.69, 9.17) is 25.8 Å². The Morgan fingerprint density at radius 2 is 2.00 bits per heavy atom. The molecule has 3 rings (SSSR count). The quantitative estimate of drug-likeness (QED) is 0.900. The largest absolute Gasteiger partial charge is 0.495 e. The van der Waals surface area contributed by atoms with Crippen LogP contribution in [-0.2, 0) is 14.3 Å². The molecule has 0 unspecified atom stereocenters. The molecule has 1 N–H and O–H groups in total. The first kappa shape index (κ1) is 17.5. The Hall–Kier alpha value is -1.34. The SMILES string of the molecule is COc1cc(Cl)c(C)cc1NC(=O)CN1CCC2(CC1)OCCO2. The Bertz CT molecular complexity index is 607. The van der Waals surface area contributed by atoms with Crippen molar-refractivity contribution < 1.29 is 19.0 Å². The van der Waals surface area contributed by atoms with Gasteiger partial charge in [-0.25, -0.2) is 0 Å². The van der Waals surface area contributed by atoms with Crippen molar-refractivity contribution in [1.82, 2.24) is 4.90 Å². The maximum absolute atomic E-state index is 12.4. The average molecular weight is 355 g/mol. The summed E-state index contributed by atoms with van der Waals surface area (Å²) in [5.41, 5.74) is 1.53. The van der Waals surface area contributed by atoms with Crippen LogP contribution in [0.4, 0.5) is 5.69 Å². The molecule has 0 saturated carbocycles. The summed E-state index contributed by atoms with van der Waals surface area (Å²) in [6.07, 6.45) is 1.59. The van der Waals surface area contributed by atoms with Crippen LogP contribution in [0.15, 0.2) is 12.1 Å². The lowest BCUT2D eigenvalue weighted by atomic mass is 10.0. The maximum atomic E-state index is 12.4. The van der Waals surface area contributed by atoms with Gasteiger partial charge >= 0.3 is 0 Å². The third kappa shape index (κ3) is 3.83. The third-order valence-electron chi connectivity index (χ3n) is 4.55. The van der Waals surface area contributed by atoms with Crippen molar-refractivity contribution in [2.45, 2.75) is 25.6 Å². The zero-order chi connectivity index (χ0) is 17.2. The number of piperidine rings is 1. The molecule has 2 fully saturated rings. The van der Waals surface area contributed by atoms with E-state index in [0.717, 1.165) is 31.5 Å². The number of benzene rings is 1. The molecule has 1 aromatic rings. The van der Waals surface area contributed by atoms with E-state index in [9.17, 15) is 4.79 Å². The first-order valence-electron chi connectivity index (χ1n) is 8.16. The highest BCUT2D eigenvalue weighted by Gasteiger charge is 2.39. The Kier molecular flexibility index (Phi) is 5.30. The lowest BCUT2D eigenvalue weighted by Gasteiger charge is -2.37. The van der Waals surface area contributed by atoms with Crippen LogP contribution in [0.2, 0.25) is 5.02 Å². The summed E-state index contributed by atoms with van der Waals surface area (Å²) in [6.45, 7) is 5.12. The van der Waals surface area contributed by atoms with Crippen molar-refractivity contribution in [3.05, 3.63) is 22.7 Å². The van der Waals surface area contributed by atoms with Gasteiger partial charge in [0.25, 0.3) is 0 Å². The fourth-order valence-corrected chi connectivity index (χ4v) is 3.31. The Morgan fingerprint density at radius 3 is 2.62 bits per heavy atom. The first-order valence-corrected chi connectivity index (χ1v) is 8.53. The van der Waals surface area contributed by atoms with Gasteiger partial charge in [-0.15, -0.1) is 0 Å². The first-order chi connectivity index (χ1) is 11.5. The molecular formula is C17H23ClN2O4. The number of carbonyl (C=O) groups is 1. The number of methoxy groups -OCH3 is 1. The van der Waals surface area contributed by atoms with Crippen LogP contribution < -0.4 is 10.1 Å². The molecule has 24 heavy (non-hydrogen) atoms. The molecule has 0 aromatic heterocycles. The van der Waals surface area contributed by atoms with Crippen molar-refractivity contribution in [2.75, 3.05) is 45.3 Å². The van der Waals surface area contributed by atoms with E-state index in [1.807, 2.05) is 13.0 Å². The molecule has 6 nitrogen and oxygen atoms in total. The topological polar surface area (TPSA) is 60.0 Å². The number of halogens is 1. The summed E-state index contributed by atoms with van der Waals surface area (Å²) in [5, 5.41) is 3.52. The molecule has 7 heteroatoms. The summed E-state index contributed by atoms with van der Waals surface area (Å²) in [6, 6.07) is 3.54. The minimum atomic E-state index is -0.413. The molecule has 1 amide bonds. The molecule has 1 aromatic carbocycles. The predicted octanol–water partition coefficient (Wildman–Crippen LogP) is 2.43. The highest BCUT2D eigenvalue weighted by Crippen LogP contribution is 2.32. The van der Waals surface area contributed by atoms with Gasteiger partial charge in [-0.1, -0.05) is 11.6 Å². The number of hydrogen-bond donors (Lipinski definition) is 1. The molecule has 0 bridgehead atoms. The molecule has 1 spiro atoms. The summed E-state index contributed by atoms with van der Waals surface area (Å²) >= 11 is 6.09. The molecule has 2 aliphatic heterocycles. The highest BCUT2D eigenvalue weighted by molar-refractivity contribution is 6.31. The van der Waals surface area contributed by atoms with Crippen LogP contribution in [0, 0.1) is 6.92 Å². The molecule has 0 radical (unpaired) electrons. The van der Waals surface area contributed by atoms with Gasteiger partial charge in [-0.3, -0.25) is 9.69 Å². The van der Waals surface area contributed by atoms with E-state index < -0.39 is 5.79 Å². The number of nitrogens with one attached hydrogen (secondary N) is 1. The van der Waals surface area contributed by atoms with E-state index in [1.54, 1.807) is 13.2 Å². The number of rotatable bonds is 4. The van der Waals surface area contributed by atoms with Gasteiger partial charge in [0.2, 0.25) is 5.91 Å². The van der Waals surface area contributed by atoms with Crippen molar-refractivity contribution in [1.29, 1.82) is 0 Å². The number of anilines is 1. The minimum Gasteiger partial charge on any atom is -0.495 e. The molecular weight excluding hydrogens is 332 g/mol. The maximum Gasteiger partial charge on any atom is 0.238 e. The van der Waals surface area contributed by atoms with Crippen molar-refractivity contribution in [2.24, 2.45) is 0 Å². The molecule has 0 atom stereocenters. The van der Waals surface area contributed by atoms with Crippen LogP contribution in [0.1, 0.15) is 18.4 Å². The fourth-order valence-electron chi connectivity index (χ4n) is 3.16. The number of ether oxygens (including phenoxy) is 3. The number of hydrogen-bond acceptors (Lipinski definition) is 5. The molecule has 2 aliphatic rings. The predicted molar refractivity (Wildman–Crippen MR) is 91.7 cm³/mol. The van der Waals surface area contributed by atoms with Gasteiger partial charge in [0.05, 0.1) is 32.6 Å². The number of aryl methyl sites for hydroxylation is 1. The number of amides is 1. The van der Waals surface area contributed by atoms with Crippen LogP contribution >= 0.6 is 11.6 Å². The van der Waals surface area contributed by atoms with Gasteiger partial charge < -0.3 is 19.5 Å². The van der Waals surface area contributed by atoms with Gasteiger partial charge in [0.1, 0.15) is 5.75 Å². The standard InChI is InChI=1S/C17H23ClN2O4/c1-12-9-14(15(22-2)10-13(12)18)19-16(21)11-20-5-3-17(4-6-20)23-7-8-24-17/h9-10H,3-8,11H2,1-2H3,(H,19,21). The van der Waals surface area contributed by atoms with Gasteiger partial charge in [0.15, 0.2) is 5.79 Å².